The van der Waals surface area contributed by atoms with E-state index in [0.29, 0.717) is 11.2 Å². The van der Waals surface area contributed by atoms with Crippen molar-refractivity contribution < 1.29 is 4.79 Å². The van der Waals surface area contributed by atoms with Gasteiger partial charge < -0.3 is 4.57 Å². The molecule has 23 heavy (non-hydrogen) atoms. The van der Waals surface area contributed by atoms with E-state index < -0.39 is 11.2 Å². The number of fused-ring (bicyclic) bond motifs is 1. The van der Waals surface area contributed by atoms with Crippen LogP contribution in [-0.2, 0) is 20.6 Å². The number of benzene rings is 1. The molecular formula is C16H16N4O3. The Balaban J connectivity index is 2.08. The summed E-state index contributed by atoms with van der Waals surface area (Å²) in [5.41, 5.74) is 1.24. The quantitative estimate of drug-likeness (QED) is 0.664. The van der Waals surface area contributed by atoms with Crippen LogP contribution in [0.1, 0.15) is 15.9 Å². The average molecular weight is 312 g/mol. The largest absolute Gasteiger partial charge is 0.332 e. The van der Waals surface area contributed by atoms with Gasteiger partial charge in [-0.25, -0.2) is 9.78 Å². The van der Waals surface area contributed by atoms with Gasteiger partial charge in [0.05, 0.1) is 12.9 Å². The second-order valence-electron chi connectivity index (χ2n) is 5.54. The molecule has 0 amide bonds. The smallest absolute Gasteiger partial charge is 0.309 e. The van der Waals surface area contributed by atoms with Crippen molar-refractivity contribution in [1.29, 1.82) is 0 Å². The third-order valence-electron chi connectivity index (χ3n) is 3.90. The van der Waals surface area contributed by atoms with E-state index in [2.05, 4.69) is 4.98 Å². The fraction of sp³-hybridized carbons (Fsp3) is 0.250. The van der Waals surface area contributed by atoms with Gasteiger partial charge in [-0.2, -0.15) is 0 Å². The van der Waals surface area contributed by atoms with Crippen LogP contribution >= 0.6 is 0 Å². The Morgan fingerprint density at radius 1 is 1.09 bits per heavy atom. The normalized spacial score (nSPS) is 11.1. The van der Waals surface area contributed by atoms with Crippen molar-refractivity contribution in [3.05, 3.63) is 62.6 Å². The van der Waals surface area contributed by atoms with Gasteiger partial charge in [0, 0.05) is 19.7 Å². The third-order valence-corrected chi connectivity index (χ3v) is 3.90. The van der Waals surface area contributed by atoms with Crippen molar-refractivity contribution in [3.63, 3.8) is 0 Å². The lowest BCUT2D eigenvalue weighted by molar-refractivity contribution is 0.0973. The Bertz CT molecular complexity index is 1020. The van der Waals surface area contributed by atoms with Gasteiger partial charge in [0.1, 0.15) is 5.65 Å². The summed E-state index contributed by atoms with van der Waals surface area (Å²) in [4.78, 5) is 40.6. The maximum Gasteiger partial charge on any atom is 0.332 e. The Hall–Kier alpha value is -2.96. The lowest BCUT2D eigenvalue weighted by atomic mass is 10.1. The minimum Gasteiger partial charge on any atom is -0.309 e. The van der Waals surface area contributed by atoms with E-state index in [9.17, 15) is 14.4 Å². The van der Waals surface area contributed by atoms with Crippen LogP contribution in [0.5, 0.6) is 0 Å². The summed E-state index contributed by atoms with van der Waals surface area (Å²) in [5.74, 6) is -0.113. The third kappa shape index (κ3) is 2.40. The molecule has 0 aliphatic rings. The van der Waals surface area contributed by atoms with E-state index in [4.69, 9.17) is 0 Å². The van der Waals surface area contributed by atoms with Gasteiger partial charge in [-0.05, 0) is 6.92 Å². The fourth-order valence-corrected chi connectivity index (χ4v) is 2.54. The molecule has 0 atom stereocenters. The highest BCUT2D eigenvalue weighted by molar-refractivity contribution is 5.96. The van der Waals surface area contributed by atoms with Gasteiger partial charge in [0.15, 0.2) is 11.3 Å². The molecule has 0 saturated carbocycles. The van der Waals surface area contributed by atoms with Crippen LogP contribution in [0.15, 0.2) is 40.2 Å². The summed E-state index contributed by atoms with van der Waals surface area (Å²) >= 11 is 0. The molecule has 0 radical (unpaired) electrons. The molecule has 0 N–H and O–H groups in total. The van der Waals surface area contributed by atoms with Gasteiger partial charge in [0.2, 0.25) is 0 Å². The predicted molar refractivity (Wildman–Crippen MR) is 85.7 cm³/mol. The van der Waals surface area contributed by atoms with Crippen molar-refractivity contribution in [2.45, 2.75) is 13.5 Å². The number of rotatable bonds is 3. The van der Waals surface area contributed by atoms with Gasteiger partial charge in [-0.1, -0.05) is 29.8 Å². The van der Waals surface area contributed by atoms with Crippen LogP contribution in [0.3, 0.4) is 0 Å². The first-order valence-corrected chi connectivity index (χ1v) is 7.11. The molecule has 2 heterocycles. The van der Waals surface area contributed by atoms with Crippen molar-refractivity contribution in [2.75, 3.05) is 0 Å². The summed E-state index contributed by atoms with van der Waals surface area (Å²) in [6, 6.07) is 7.25. The Morgan fingerprint density at radius 2 is 1.74 bits per heavy atom. The fourth-order valence-electron chi connectivity index (χ4n) is 2.54. The highest BCUT2D eigenvalue weighted by Crippen LogP contribution is 2.10. The molecule has 0 unspecified atom stereocenters. The zero-order chi connectivity index (χ0) is 16.7. The molecule has 3 rings (SSSR count). The van der Waals surface area contributed by atoms with Crippen molar-refractivity contribution in [1.82, 2.24) is 18.7 Å². The zero-order valence-electron chi connectivity index (χ0n) is 13.1. The highest BCUT2D eigenvalue weighted by Gasteiger charge is 2.16. The van der Waals surface area contributed by atoms with Gasteiger partial charge in [-0.3, -0.25) is 18.7 Å². The first-order chi connectivity index (χ1) is 10.9. The second-order valence-corrected chi connectivity index (χ2v) is 5.54. The minimum atomic E-state index is -0.468. The summed E-state index contributed by atoms with van der Waals surface area (Å²) in [5, 5.41) is 0. The lowest BCUT2D eigenvalue weighted by Gasteiger charge is -2.08. The summed E-state index contributed by atoms with van der Waals surface area (Å²) in [7, 11) is 2.96. The van der Waals surface area contributed by atoms with E-state index in [0.717, 1.165) is 10.1 Å². The van der Waals surface area contributed by atoms with Crippen molar-refractivity contribution in [2.24, 2.45) is 14.1 Å². The molecule has 7 nitrogen and oxygen atoms in total. The molecule has 7 heteroatoms. The van der Waals surface area contributed by atoms with Crippen LogP contribution in [0.25, 0.3) is 11.2 Å². The molecule has 3 aromatic rings. The number of carbonyl (C=O) groups excluding carboxylic acids is 1. The van der Waals surface area contributed by atoms with E-state index in [-0.39, 0.29) is 17.8 Å². The van der Waals surface area contributed by atoms with Crippen LogP contribution in [0.4, 0.5) is 0 Å². The van der Waals surface area contributed by atoms with Crippen molar-refractivity contribution >= 4 is 16.9 Å². The number of aromatic nitrogens is 4. The molecular weight excluding hydrogens is 296 g/mol. The molecule has 0 spiro atoms. The van der Waals surface area contributed by atoms with Crippen LogP contribution in [0.2, 0.25) is 0 Å². The number of hydrogen-bond acceptors (Lipinski definition) is 4. The monoisotopic (exact) mass is 312 g/mol. The number of Topliss-reactive ketones (excluding diaryl/α,β-unsaturated/α-hetero) is 1. The molecule has 2 aromatic heterocycles. The molecule has 0 aliphatic carbocycles. The summed E-state index contributed by atoms with van der Waals surface area (Å²) in [6.45, 7) is 1.96. The summed E-state index contributed by atoms with van der Waals surface area (Å²) in [6.07, 6.45) is 1.41. The maximum absolute atomic E-state index is 12.4. The maximum atomic E-state index is 12.4. The Morgan fingerprint density at radius 3 is 2.39 bits per heavy atom. The topological polar surface area (TPSA) is 78.9 Å². The average Bonchev–Trinajstić information content (AvgIpc) is 2.95. The first-order valence-electron chi connectivity index (χ1n) is 7.11. The van der Waals surface area contributed by atoms with E-state index in [1.54, 1.807) is 19.2 Å². The van der Waals surface area contributed by atoms with Crippen LogP contribution < -0.4 is 11.2 Å². The standard InChI is InChI=1S/C16H16N4O3/c1-10-4-6-11(7-5-10)12(21)8-20-9-17-13-14(20)18(2)16(23)19(3)15(13)22/h4-7,9H,8H2,1-3H3. The van der Waals surface area contributed by atoms with E-state index in [1.807, 2.05) is 19.1 Å². The first kappa shape index (κ1) is 15.0. The molecule has 118 valence electrons. The SMILES string of the molecule is Cc1ccc(C(=O)Cn2cnc3c(=O)n(C)c(=O)n(C)c32)cc1. The molecule has 1 aromatic carbocycles. The van der Waals surface area contributed by atoms with Crippen molar-refractivity contribution in [3.8, 4) is 0 Å². The number of nitrogens with zero attached hydrogens (tertiary/aromatic N) is 4. The van der Waals surface area contributed by atoms with Crippen LogP contribution in [-0.4, -0.2) is 24.5 Å². The van der Waals surface area contributed by atoms with E-state index in [1.165, 1.54) is 22.5 Å². The molecule has 0 saturated heterocycles. The lowest BCUT2D eigenvalue weighted by Crippen LogP contribution is -2.37. The Kier molecular flexibility index (Phi) is 3.48. The number of hydrogen-bond donors (Lipinski definition) is 0. The highest BCUT2D eigenvalue weighted by atomic mass is 16.2. The molecule has 0 bridgehead atoms. The zero-order valence-corrected chi connectivity index (χ0v) is 13.1. The predicted octanol–water partition coefficient (Wildman–Crippen LogP) is 0.625. The molecule has 0 fully saturated rings. The molecule has 0 aliphatic heterocycles. The second kappa shape index (κ2) is 5.35. The van der Waals surface area contributed by atoms with Gasteiger partial charge >= 0.3 is 5.69 Å². The number of imidazole rings is 1. The van der Waals surface area contributed by atoms with E-state index >= 15 is 0 Å². The van der Waals surface area contributed by atoms with Gasteiger partial charge in [0.25, 0.3) is 5.56 Å². The number of aryl methyl sites for hydroxylation is 2. The summed E-state index contributed by atoms with van der Waals surface area (Å²) < 4.78 is 3.86. The number of carbonyl (C=O) groups is 1. The number of ketones is 1. The minimum absolute atomic E-state index is 0.0139. The van der Waals surface area contributed by atoms with Crippen LogP contribution in [0, 0.1) is 6.92 Å². The van der Waals surface area contributed by atoms with Gasteiger partial charge in [-0.15, -0.1) is 0 Å². The Labute approximate surface area is 131 Å².